The molecule has 1 aromatic heterocycles. The highest BCUT2D eigenvalue weighted by atomic mass is 16.5. The molecule has 1 N–H and O–H groups in total. The maximum absolute atomic E-state index is 12.3. The number of carbonyl (C=O) groups is 1. The number of methoxy groups -OCH3 is 1. The van der Waals surface area contributed by atoms with Crippen LogP contribution >= 0.6 is 0 Å². The molecule has 0 unspecified atom stereocenters. The largest absolute Gasteiger partial charge is 0.385 e. The summed E-state index contributed by atoms with van der Waals surface area (Å²) in [5.41, 5.74) is 1.57. The van der Waals surface area contributed by atoms with E-state index in [4.69, 9.17) is 4.74 Å². The molecule has 6 heteroatoms. The van der Waals surface area contributed by atoms with E-state index in [2.05, 4.69) is 46.2 Å². The summed E-state index contributed by atoms with van der Waals surface area (Å²) in [5, 5.41) is 2.85. The summed E-state index contributed by atoms with van der Waals surface area (Å²) in [4.78, 5) is 22.9. The highest BCUT2D eigenvalue weighted by Crippen LogP contribution is 2.18. The van der Waals surface area contributed by atoms with Gasteiger partial charge in [-0.15, -0.1) is 0 Å². The van der Waals surface area contributed by atoms with Crippen molar-refractivity contribution in [2.75, 3.05) is 25.2 Å². The molecule has 0 saturated heterocycles. The van der Waals surface area contributed by atoms with Crippen LogP contribution in [0.3, 0.4) is 0 Å². The van der Waals surface area contributed by atoms with Gasteiger partial charge in [-0.25, -0.2) is 9.97 Å². The van der Waals surface area contributed by atoms with Crippen LogP contribution in [0.5, 0.6) is 0 Å². The third kappa shape index (κ3) is 5.83. The predicted molar refractivity (Wildman–Crippen MR) is 98.6 cm³/mol. The van der Waals surface area contributed by atoms with Gasteiger partial charge in [0.05, 0.1) is 0 Å². The van der Waals surface area contributed by atoms with E-state index in [1.54, 1.807) is 13.2 Å². The lowest BCUT2D eigenvalue weighted by molar-refractivity contribution is 0.0943. The molecule has 0 aliphatic rings. The summed E-state index contributed by atoms with van der Waals surface area (Å²) in [5.74, 6) is 0.555. The van der Waals surface area contributed by atoms with Gasteiger partial charge in [-0.2, -0.15) is 0 Å². The molecule has 0 aliphatic carbocycles. The number of hydrogen-bond donors (Lipinski definition) is 1. The standard InChI is InChI=1S/C19H26N4O2/c1-15(2)23(13-16-8-5-4-6-9-16)18-12-17(21-14-22-18)19(24)20-10-7-11-25-3/h4-6,8-9,12,14-15H,7,10-11,13H2,1-3H3,(H,20,24). The first-order chi connectivity index (χ1) is 12.1. The lowest BCUT2D eigenvalue weighted by Gasteiger charge is -2.28. The van der Waals surface area contributed by atoms with Crippen molar-refractivity contribution >= 4 is 11.7 Å². The highest BCUT2D eigenvalue weighted by molar-refractivity contribution is 5.92. The SMILES string of the molecule is COCCCNC(=O)c1cc(N(Cc2ccccc2)C(C)C)ncn1. The van der Waals surface area contributed by atoms with Crippen LogP contribution in [-0.4, -0.2) is 42.2 Å². The van der Waals surface area contributed by atoms with Crippen LogP contribution in [0.25, 0.3) is 0 Å². The number of nitrogens with one attached hydrogen (secondary N) is 1. The van der Waals surface area contributed by atoms with Crippen molar-refractivity contribution in [2.45, 2.75) is 32.9 Å². The van der Waals surface area contributed by atoms with Gasteiger partial charge in [0.2, 0.25) is 0 Å². The van der Waals surface area contributed by atoms with Gasteiger partial charge in [0.25, 0.3) is 5.91 Å². The summed E-state index contributed by atoms with van der Waals surface area (Å²) in [6.45, 7) is 6.12. The second-order valence-corrected chi connectivity index (χ2v) is 6.07. The molecule has 1 amide bonds. The molecule has 0 spiro atoms. The minimum absolute atomic E-state index is 0.192. The summed E-state index contributed by atoms with van der Waals surface area (Å²) in [6, 6.07) is 12.2. The zero-order valence-corrected chi connectivity index (χ0v) is 15.1. The highest BCUT2D eigenvalue weighted by Gasteiger charge is 2.15. The van der Waals surface area contributed by atoms with Crippen molar-refractivity contribution in [3.8, 4) is 0 Å². The molecule has 2 aromatic rings. The molecule has 2 rings (SSSR count). The Morgan fingerprint density at radius 3 is 2.68 bits per heavy atom. The second-order valence-electron chi connectivity index (χ2n) is 6.07. The number of rotatable bonds is 9. The Labute approximate surface area is 149 Å². The topological polar surface area (TPSA) is 67.3 Å². The van der Waals surface area contributed by atoms with Gasteiger partial charge >= 0.3 is 0 Å². The minimum atomic E-state index is -0.192. The van der Waals surface area contributed by atoms with Crippen LogP contribution in [0.2, 0.25) is 0 Å². The van der Waals surface area contributed by atoms with Gasteiger partial charge < -0.3 is 15.0 Å². The summed E-state index contributed by atoms with van der Waals surface area (Å²) in [6.07, 6.45) is 2.21. The van der Waals surface area contributed by atoms with Crippen molar-refractivity contribution < 1.29 is 9.53 Å². The minimum Gasteiger partial charge on any atom is -0.385 e. The molecule has 134 valence electrons. The molecule has 25 heavy (non-hydrogen) atoms. The van der Waals surface area contributed by atoms with Gasteiger partial charge in [-0.1, -0.05) is 30.3 Å². The predicted octanol–water partition coefficient (Wildman–Crippen LogP) is 2.66. The Hall–Kier alpha value is -2.47. The fourth-order valence-corrected chi connectivity index (χ4v) is 2.45. The number of amides is 1. The number of nitrogens with zero attached hydrogens (tertiary/aromatic N) is 3. The normalized spacial score (nSPS) is 10.7. The molecule has 0 aliphatic heterocycles. The van der Waals surface area contributed by atoms with E-state index in [-0.39, 0.29) is 11.9 Å². The van der Waals surface area contributed by atoms with Gasteiger partial charge in [-0.3, -0.25) is 4.79 Å². The van der Waals surface area contributed by atoms with E-state index >= 15 is 0 Å². The van der Waals surface area contributed by atoms with Gasteiger partial charge in [0, 0.05) is 38.9 Å². The molecule has 0 radical (unpaired) electrons. The van der Waals surface area contributed by atoms with E-state index in [9.17, 15) is 4.79 Å². The van der Waals surface area contributed by atoms with Crippen molar-refractivity contribution in [1.29, 1.82) is 0 Å². The van der Waals surface area contributed by atoms with Crippen LogP contribution in [0, 0.1) is 0 Å². The van der Waals surface area contributed by atoms with E-state index < -0.39 is 0 Å². The van der Waals surface area contributed by atoms with Crippen molar-refractivity contribution in [3.63, 3.8) is 0 Å². The third-order valence-electron chi connectivity index (χ3n) is 3.81. The first-order valence-corrected chi connectivity index (χ1v) is 8.51. The molecule has 0 atom stereocenters. The Morgan fingerprint density at radius 2 is 2.00 bits per heavy atom. The summed E-state index contributed by atoms with van der Waals surface area (Å²) in [7, 11) is 1.64. The number of hydrogen-bond acceptors (Lipinski definition) is 5. The van der Waals surface area contributed by atoms with Crippen molar-refractivity contribution in [3.05, 3.63) is 54.0 Å². The zero-order valence-electron chi connectivity index (χ0n) is 15.1. The second kappa shape index (κ2) is 9.74. The van der Waals surface area contributed by atoms with Gasteiger partial charge in [0.1, 0.15) is 17.8 Å². The lowest BCUT2D eigenvalue weighted by atomic mass is 10.2. The first kappa shape index (κ1) is 18.9. The molecule has 6 nitrogen and oxygen atoms in total. The van der Waals surface area contributed by atoms with Gasteiger partial charge in [0.15, 0.2) is 0 Å². The van der Waals surface area contributed by atoms with Crippen molar-refractivity contribution in [2.24, 2.45) is 0 Å². The van der Waals surface area contributed by atoms with E-state index in [0.717, 1.165) is 18.8 Å². The Morgan fingerprint density at radius 1 is 1.24 bits per heavy atom. The molecule has 0 bridgehead atoms. The smallest absolute Gasteiger partial charge is 0.270 e. The monoisotopic (exact) mass is 342 g/mol. The van der Waals surface area contributed by atoms with Crippen LogP contribution in [0.1, 0.15) is 36.3 Å². The number of ether oxygens (including phenoxy) is 1. The molecule has 1 aromatic carbocycles. The van der Waals surface area contributed by atoms with Crippen LogP contribution in [0.4, 0.5) is 5.82 Å². The van der Waals surface area contributed by atoms with E-state index in [1.807, 2.05) is 18.2 Å². The molecular weight excluding hydrogens is 316 g/mol. The summed E-state index contributed by atoms with van der Waals surface area (Å²) < 4.78 is 4.98. The molecule has 0 saturated carbocycles. The fourth-order valence-electron chi connectivity index (χ4n) is 2.45. The maximum atomic E-state index is 12.3. The first-order valence-electron chi connectivity index (χ1n) is 8.51. The Balaban J connectivity index is 2.10. The summed E-state index contributed by atoms with van der Waals surface area (Å²) >= 11 is 0. The lowest BCUT2D eigenvalue weighted by Crippen LogP contribution is -2.32. The molecule has 0 fully saturated rings. The quantitative estimate of drug-likeness (QED) is 0.710. The molecular formula is C19H26N4O2. The average Bonchev–Trinajstić information content (AvgIpc) is 2.64. The number of benzene rings is 1. The van der Waals surface area contributed by atoms with E-state index in [1.165, 1.54) is 11.9 Å². The fraction of sp³-hybridized carbons (Fsp3) is 0.421. The Kier molecular flexibility index (Phi) is 7.35. The van der Waals surface area contributed by atoms with Crippen LogP contribution in [0.15, 0.2) is 42.7 Å². The number of anilines is 1. The van der Waals surface area contributed by atoms with Crippen LogP contribution < -0.4 is 10.2 Å². The number of aromatic nitrogens is 2. The number of carbonyl (C=O) groups excluding carboxylic acids is 1. The zero-order chi connectivity index (χ0) is 18.1. The van der Waals surface area contributed by atoms with Crippen molar-refractivity contribution in [1.82, 2.24) is 15.3 Å². The third-order valence-corrected chi connectivity index (χ3v) is 3.81. The van der Waals surface area contributed by atoms with E-state index in [0.29, 0.717) is 18.8 Å². The average molecular weight is 342 g/mol. The van der Waals surface area contributed by atoms with Gasteiger partial charge in [-0.05, 0) is 25.8 Å². The maximum Gasteiger partial charge on any atom is 0.270 e. The van der Waals surface area contributed by atoms with Crippen LogP contribution in [-0.2, 0) is 11.3 Å². The molecule has 1 heterocycles. The Bertz CT molecular complexity index is 661.